The van der Waals surface area contributed by atoms with Crippen molar-refractivity contribution >= 4 is 0 Å². The van der Waals surface area contributed by atoms with E-state index in [1.54, 1.807) is 0 Å². The van der Waals surface area contributed by atoms with Gasteiger partial charge in [-0.15, -0.1) is 0 Å². The second kappa shape index (κ2) is 9.71. The topological polar surface area (TPSA) is 50.9 Å². The van der Waals surface area contributed by atoms with Crippen molar-refractivity contribution in [2.24, 2.45) is 0 Å². The van der Waals surface area contributed by atoms with E-state index in [1.807, 2.05) is 0 Å². The Labute approximate surface area is 129 Å². The molecule has 6 nitrogen and oxygen atoms in total. The zero-order valence-electron chi connectivity index (χ0n) is 13.4. The summed E-state index contributed by atoms with van der Waals surface area (Å²) < 4.78 is 5.41. The third kappa shape index (κ3) is 7.04. The van der Waals surface area contributed by atoms with Crippen LogP contribution in [0, 0.1) is 0 Å². The summed E-state index contributed by atoms with van der Waals surface area (Å²) in [7, 11) is 2.15. The van der Waals surface area contributed by atoms with E-state index >= 15 is 0 Å². The van der Waals surface area contributed by atoms with Gasteiger partial charge in [-0.2, -0.15) is 0 Å². The molecular weight excluding hydrogens is 268 g/mol. The van der Waals surface area contributed by atoms with Crippen molar-refractivity contribution in [3.05, 3.63) is 0 Å². The first kappa shape index (κ1) is 17.1. The van der Waals surface area contributed by atoms with Gasteiger partial charge in [0, 0.05) is 71.9 Å². The Bertz CT molecular complexity index is 266. The highest BCUT2D eigenvalue weighted by Gasteiger charge is 2.16. The molecule has 0 amide bonds. The minimum absolute atomic E-state index is 0.598. The number of rotatable bonds is 8. The van der Waals surface area contributed by atoms with E-state index < -0.39 is 6.29 Å². The van der Waals surface area contributed by atoms with Gasteiger partial charge in [0.15, 0.2) is 6.29 Å². The summed E-state index contributed by atoms with van der Waals surface area (Å²) in [6.45, 7) is 11.3. The quantitative estimate of drug-likeness (QED) is 0.492. The van der Waals surface area contributed by atoms with Gasteiger partial charge in [-0.25, -0.2) is 5.11 Å². The third-order valence-corrected chi connectivity index (χ3v) is 4.41. The van der Waals surface area contributed by atoms with Crippen LogP contribution in [0.2, 0.25) is 0 Å². The maximum Gasteiger partial charge on any atom is 0.192 e. The lowest BCUT2D eigenvalue weighted by Gasteiger charge is -2.32. The molecule has 2 heterocycles. The van der Waals surface area contributed by atoms with Crippen LogP contribution in [0.5, 0.6) is 0 Å². The molecule has 6 heteroatoms. The highest BCUT2D eigenvalue weighted by molar-refractivity contribution is 4.69. The predicted molar refractivity (Wildman–Crippen MR) is 82.9 cm³/mol. The first-order chi connectivity index (χ1) is 10.2. The predicted octanol–water partition coefficient (Wildman–Crippen LogP) is -0.308. The van der Waals surface area contributed by atoms with Crippen LogP contribution >= 0.6 is 0 Å². The second-order valence-corrected chi connectivity index (χ2v) is 6.18. The van der Waals surface area contributed by atoms with Crippen molar-refractivity contribution in [3.8, 4) is 0 Å². The molecule has 0 aromatic rings. The molecule has 123 valence electrons. The monoisotopic (exact) mass is 299 g/mol. The average Bonchev–Trinajstić information content (AvgIpc) is 2.52. The summed E-state index contributed by atoms with van der Waals surface area (Å²) in [5.74, 6) is 0. The second-order valence-electron chi connectivity index (χ2n) is 6.18. The highest BCUT2D eigenvalue weighted by Crippen LogP contribution is 2.04. The van der Waals surface area contributed by atoms with Crippen LogP contribution in [0.3, 0.4) is 0 Å². The van der Waals surface area contributed by atoms with E-state index in [0.29, 0.717) is 13.0 Å². The summed E-state index contributed by atoms with van der Waals surface area (Å²) >= 11 is 0. The highest BCUT2D eigenvalue weighted by atomic mass is 16.6. The van der Waals surface area contributed by atoms with Crippen molar-refractivity contribution in [2.45, 2.75) is 19.1 Å². The number of likely N-dealkylation sites (N-methyl/N-ethyl adjacent to an activating group) is 1. The maximum atomic E-state index is 11.8. The van der Waals surface area contributed by atoms with Crippen molar-refractivity contribution in [1.29, 1.82) is 0 Å². The lowest BCUT2D eigenvalue weighted by atomic mass is 10.3. The lowest BCUT2D eigenvalue weighted by molar-refractivity contribution is -0.147. The molecule has 1 N–H and O–H groups in total. The molecule has 0 saturated carbocycles. The normalized spacial score (nSPS) is 24.3. The number of hydrogen-bond acceptors (Lipinski definition) is 5. The zero-order valence-corrected chi connectivity index (χ0v) is 13.4. The molecule has 0 aromatic heterocycles. The molecular formula is C15H31N4O2. The number of hydrogen-bond donors (Lipinski definition) is 1. The standard InChI is InChI=1S/C15H31N4O2/c1-17-10-12-19(13-11-17)7-3-15(20)21-14-2-6-18-8-4-16-5-9-18/h15-16H,2-14H2,1H3. The molecule has 1 radical (unpaired) electrons. The summed E-state index contributed by atoms with van der Waals surface area (Å²) in [4.78, 5) is 7.14. The van der Waals surface area contributed by atoms with E-state index in [1.165, 1.54) is 0 Å². The average molecular weight is 299 g/mol. The Balaban J connectivity index is 1.44. The van der Waals surface area contributed by atoms with Gasteiger partial charge in [-0.05, 0) is 13.5 Å². The van der Waals surface area contributed by atoms with Crippen molar-refractivity contribution in [1.82, 2.24) is 20.0 Å². The van der Waals surface area contributed by atoms with Crippen LogP contribution in [0.4, 0.5) is 0 Å². The van der Waals surface area contributed by atoms with Crippen LogP contribution < -0.4 is 5.32 Å². The Morgan fingerprint density at radius 1 is 1.00 bits per heavy atom. The fraction of sp³-hybridized carbons (Fsp3) is 1.00. The van der Waals surface area contributed by atoms with Gasteiger partial charge in [-0.1, -0.05) is 0 Å². The van der Waals surface area contributed by atoms with Gasteiger partial charge in [0.1, 0.15) is 0 Å². The van der Waals surface area contributed by atoms with Crippen LogP contribution in [0.15, 0.2) is 0 Å². The Kier molecular flexibility index (Phi) is 7.92. The number of piperazine rings is 2. The van der Waals surface area contributed by atoms with Gasteiger partial charge in [0.2, 0.25) is 0 Å². The summed E-state index contributed by atoms with van der Waals surface area (Å²) in [5, 5.41) is 15.1. The first-order valence-electron chi connectivity index (χ1n) is 8.35. The first-order valence-corrected chi connectivity index (χ1v) is 8.35. The fourth-order valence-corrected chi connectivity index (χ4v) is 2.88. The van der Waals surface area contributed by atoms with Crippen molar-refractivity contribution < 1.29 is 9.84 Å². The van der Waals surface area contributed by atoms with E-state index in [-0.39, 0.29) is 0 Å². The number of nitrogens with one attached hydrogen (secondary N) is 1. The minimum atomic E-state index is -0.854. The van der Waals surface area contributed by atoms with Gasteiger partial charge in [-0.3, -0.25) is 0 Å². The van der Waals surface area contributed by atoms with Crippen LogP contribution in [-0.2, 0) is 9.84 Å². The fourth-order valence-electron chi connectivity index (χ4n) is 2.88. The molecule has 2 aliphatic heterocycles. The van der Waals surface area contributed by atoms with Gasteiger partial charge < -0.3 is 24.8 Å². The Morgan fingerprint density at radius 2 is 1.67 bits per heavy atom. The molecule has 1 atom stereocenters. The zero-order chi connectivity index (χ0) is 14.9. The van der Waals surface area contributed by atoms with Crippen LogP contribution in [0.1, 0.15) is 12.8 Å². The van der Waals surface area contributed by atoms with Gasteiger partial charge in [0.25, 0.3) is 0 Å². The smallest absolute Gasteiger partial charge is 0.192 e. The molecule has 0 spiro atoms. The van der Waals surface area contributed by atoms with E-state index in [0.717, 1.165) is 71.9 Å². The Hall–Kier alpha value is -0.240. The molecule has 2 aliphatic rings. The Morgan fingerprint density at radius 3 is 2.38 bits per heavy atom. The van der Waals surface area contributed by atoms with Crippen molar-refractivity contribution in [2.75, 3.05) is 79.1 Å². The SMILES string of the molecule is CN1CCN(CCC([O])OCCCN2CCNCC2)CC1. The molecule has 2 fully saturated rings. The molecule has 0 aliphatic carbocycles. The third-order valence-electron chi connectivity index (χ3n) is 4.41. The van der Waals surface area contributed by atoms with Crippen molar-refractivity contribution in [3.63, 3.8) is 0 Å². The lowest BCUT2D eigenvalue weighted by Crippen LogP contribution is -2.45. The maximum absolute atomic E-state index is 11.8. The van der Waals surface area contributed by atoms with Gasteiger partial charge in [0.05, 0.1) is 6.61 Å². The van der Waals surface area contributed by atoms with E-state index in [2.05, 4.69) is 27.1 Å². The van der Waals surface area contributed by atoms with E-state index in [9.17, 15) is 5.11 Å². The van der Waals surface area contributed by atoms with Gasteiger partial charge >= 0.3 is 0 Å². The molecule has 0 aromatic carbocycles. The van der Waals surface area contributed by atoms with Crippen LogP contribution in [0.25, 0.3) is 0 Å². The molecule has 0 bridgehead atoms. The number of nitrogens with zero attached hydrogens (tertiary/aromatic N) is 3. The van der Waals surface area contributed by atoms with E-state index in [4.69, 9.17) is 4.74 Å². The number of ether oxygens (including phenoxy) is 1. The summed E-state index contributed by atoms with van der Waals surface area (Å²) in [5.41, 5.74) is 0. The molecule has 21 heavy (non-hydrogen) atoms. The molecule has 2 saturated heterocycles. The summed E-state index contributed by atoms with van der Waals surface area (Å²) in [6.07, 6.45) is 0.720. The summed E-state index contributed by atoms with van der Waals surface area (Å²) in [6, 6.07) is 0. The molecule has 2 rings (SSSR count). The minimum Gasteiger partial charge on any atom is -0.350 e. The molecule has 1 unspecified atom stereocenters. The largest absolute Gasteiger partial charge is 0.350 e. The van der Waals surface area contributed by atoms with Crippen LogP contribution in [-0.4, -0.2) is 100 Å².